The van der Waals surface area contributed by atoms with E-state index in [0.29, 0.717) is 17.4 Å². The summed E-state index contributed by atoms with van der Waals surface area (Å²) in [7, 11) is 0. The zero-order chi connectivity index (χ0) is 19.2. The minimum Gasteiger partial charge on any atom is -0.370 e. The molecule has 0 aliphatic rings. The number of rotatable bonds is 7. The summed E-state index contributed by atoms with van der Waals surface area (Å²) in [6, 6.07) is 16.2. The molecule has 8 nitrogen and oxygen atoms in total. The minimum atomic E-state index is -0.497. The Bertz CT molecular complexity index is 1020. The van der Waals surface area contributed by atoms with E-state index in [2.05, 4.69) is 10.3 Å². The van der Waals surface area contributed by atoms with Crippen molar-refractivity contribution in [3.63, 3.8) is 0 Å². The molecule has 0 radical (unpaired) electrons. The lowest BCUT2D eigenvalue weighted by Gasteiger charge is -2.22. The summed E-state index contributed by atoms with van der Waals surface area (Å²) in [6.07, 6.45) is 0.0386. The largest absolute Gasteiger partial charge is 0.370 e. The Morgan fingerprint density at radius 2 is 1.74 bits per heavy atom. The van der Waals surface area contributed by atoms with E-state index in [9.17, 15) is 14.4 Å². The van der Waals surface area contributed by atoms with Crippen LogP contribution in [-0.2, 0) is 22.7 Å². The second kappa shape index (κ2) is 8.22. The molecule has 3 aromatic rings. The second-order valence-electron chi connectivity index (χ2n) is 6.09. The van der Waals surface area contributed by atoms with Crippen LogP contribution in [0.5, 0.6) is 0 Å². The molecule has 0 atom stereocenters. The lowest BCUT2D eigenvalue weighted by Crippen LogP contribution is -2.39. The number of benzene rings is 2. The van der Waals surface area contributed by atoms with Crippen LogP contribution in [0.15, 0.2) is 59.4 Å². The van der Waals surface area contributed by atoms with Crippen molar-refractivity contribution in [1.29, 1.82) is 0 Å². The van der Waals surface area contributed by atoms with Gasteiger partial charge in [0.1, 0.15) is 12.1 Å². The van der Waals surface area contributed by atoms with Crippen molar-refractivity contribution in [2.75, 3.05) is 6.54 Å². The Labute approximate surface area is 155 Å². The SMILES string of the molecule is NC(=O)CCN(Cc1ccccc1)C(=O)Cn1nnc2ccccc2c1=O. The lowest BCUT2D eigenvalue weighted by atomic mass is 10.2. The molecular weight excluding hydrogens is 346 g/mol. The highest BCUT2D eigenvalue weighted by Gasteiger charge is 2.17. The molecule has 8 heteroatoms. The molecule has 0 spiro atoms. The molecule has 0 saturated carbocycles. The highest BCUT2D eigenvalue weighted by Crippen LogP contribution is 2.07. The summed E-state index contributed by atoms with van der Waals surface area (Å²) in [5.41, 5.74) is 6.22. The molecule has 1 heterocycles. The fourth-order valence-corrected chi connectivity index (χ4v) is 2.70. The third-order valence-corrected chi connectivity index (χ3v) is 4.11. The fraction of sp³-hybridized carbons (Fsp3) is 0.211. The number of carbonyl (C=O) groups excluding carboxylic acids is 2. The maximum absolute atomic E-state index is 12.8. The second-order valence-corrected chi connectivity index (χ2v) is 6.09. The molecule has 1 aromatic heterocycles. The van der Waals surface area contributed by atoms with Gasteiger partial charge in [-0.15, -0.1) is 5.10 Å². The molecule has 0 bridgehead atoms. The number of hydrogen-bond donors (Lipinski definition) is 1. The van der Waals surface area contributed by atoms with Gasteiger partial charge in [-0.25, -0.2) is 4.68 Å². The molecule has 0 unspecified atom stereocenters. The van der Waals surface area contributed by atoms with E-state index in [1.807, 2.05) is 30.3 Å². The van der Waals surface area contributed by atoms with Gasteiger partial charge in [0.25, 0.3) is 5.56 Å². The van der Waals surface area contributed by atoms with E-state index in [-0.39, 0.29) is 31.0 Å². The topological polar surface area (TPSA) is 111 Å². The van der Waals surface area contributed by atoms with E-state index < -0.39 is 5.91 Å². The zero-order valence-electron chi connectivity index (χ0n) is 14.6. The van der Waals surface area contributed by atoms with Crippen molar-refractivity contribution >= 4 is 22.7 Å². The summed E-state index contributed by atoms with van der Waals surface area (Å²) in [4.78, 5) is 37.9. The van der Waals surface area contributed by atoms with Gasteiger partial charge in [-0.05, 0) is 17.7 Å². The number of nitrogens with two attached hydrogens (primary N) is 1. The minimum absolute atomic E-state index is 0.0386. The highest BCUT2D eigenvalue weighted by molar-refractivity contribution is 5.79. The van der Waals surface area contributed by atoms with Gasteiger partial charge in [0.05, 0.1) is 5.39 Å². The highest BCUT2D eigenvalue weighted by atomic mass is 16.2. The first-order valence-electron chi connectivity index (χ1n) is 8.47. The van der Waals surface area contributed by atoms with Crippen molar-refractivity contribution < 1.29 is 9.59 Å². The molecule has 0 fully saturated rings. The summed E-state index contributed by atoms with van der Waals surface area (Å²) < 4.78 is 1.03. The summed E-state index contributed by atoms with van der Waals surface area (Å²) in [6.45, 7) is 0.212. The van der Waals surface area contributed by atoms with Gasteiger partial charge in [-0.2, -0.15) is 0 Å². The molecule has 0 saturated heterocycles. The van der Waals surface area contributed by atoms with Gasteiger partial charge in [0.15, 0.2) is 0 Å². The first kappa shape index (κ1) is 18.2. The quantitative estimate of drug-likeness (QED) is 0.662. The lowest BCUT2D eigenvalue weighted by molar-refractivity contribution is -0.133. The number of carbonyl (C=O) groups is 2. The molecule has 27 heavy (non-hydrogen) atoms. The van der Waals surface area contributed by atoms with Gasteiger partial charge in [0.2, 0.25) is 11.8 Å². The molecule has 0 aliphatic carbocycles. The van der Waals surface area contributed by atoms with Crippen molar-refractivity contribution in [2.24, 2.45) is 5.73 Å². The zero-order valence-corrected chi connectivity index (χ0v) is 14.6. The average molecular weight is 365 g/mol. The summed E-state index contributed by atoms with van der Waals surface area (Å²) in [5, 5.41) is 8.22. The van der Waals surface area contributed by atoms with E-state index in [4.69, 9.17) is 5.73 Å². The summed E-state index contributed by atoms with van der Waals surface area (Å²) in [5.74, 6) is -0.838. The van der Waals surface area contributed by atoms with Crippen LogP contribution in [0, 0.1) is 0 Å². The Hall–Kier alpha value is -3.55. The van der Waals surface area contributed by atoms with Crippen LogP contribution in [0.2, 0.25) is 0 Å². The first-order chi connectivity index (χ1) is 13.0. The number of primary amides is 1. The Morgan fingerprint density at radius 3 is 2.48 bits per heavy atom. The summed E-state index contributed by atoms with van der Waals surface area (Å²) >= 11 is 0. The average Bonchev–Trinajstić information content (AvgIpc) is 2.68. The number of hydrogen-bond acceptors (Lipinski definition) is 5. The van der Waals surface area contributed by atoms with Gasteiger partial charge in [-0.3, -0.25) is 14.4 Å². The van der Waals surface area contributed by atoms with Crippen LogP contribution in [0.3, 0.4) is 0 Å². The smallest absolute Gasteiger partial charge is 0.278 e. The standard InChI is InChI=1S/C19H19N5O3/c20-17(25)10-11-23(12-14-6-2-1-3-7-14)18(26)13-24-19(27)15-8-4-5-9-16(15)21-22-24/h1-9H,10-13H2,(H2,20,25). The van der Waals surface area contributed by atoms with E-state index in [1.54, 1.807) is 24.3 Å². The predicted molar refractivity (Wildman–Crippen MR) is 99.5 cm³/mol. The van der Waals surface area contributed by atoms with Crippen LogP contribution in [0.25, 0.3) is 10.9 Å². The number of nitrogens with zero attached hydrogens (tertiary/aromatic N) is 4. The van der Waals surface area contributed by atoms with Crippen LogP contribution in [0.4, 0.5) is 0 Å². The predicted octanol–water partition coefficient (Wildman–Crippen LogP) is 0.696. The van der Waals surface area contributed by atoms with Crippen LogP contribution < -0.4 is 11.3 Å². The molecular formula is C19H19N5O3. The molecule has 2 N–H and O–H groups in total. The Kier molecular flexibility index (Phi) is 5.55. The van der Waals surface area contributed by atoms with Crippen molar-refractivity contribution in [1.82, 2.24) is 19.9 Å². The van der Waals surface area contributed by atoms with E-state index >= 15 is 0 Å². The van der Waals surface area contributed by atoms with E-state index in [0.717, 1.165) is 10.2 Å². The van der Waals surface area contributed by atoms with Gasteiger partial charge >= 0.3 is 0 Å². The number of aromatic nitrogens is 3. The molecule has 2 amide bonds. The number of amides is 2. The molecule has 2 aromatic carbocycles. The Morgan fingerprint density at radius 1 is 1.04 bits per heavy atom. The molecule has 138 valence electrons. The molecule has 3 rings (SSSR count). The maximum atomic E-state index is 12.8. The molecule has 0 aliphatic heterocycles. The maximum Gasteiger partial charge on any atom is 0.278 e. The van der Waals surface area contributed by atoms with Crippen LogP contribution >= 0.6 is 0 Å². The Balaban J connectivity index is 1.82. The first-order valence-corrected chi connectivity index (χ1v) is 8.47. The normalized spacial score (nSPS) is 10.7. The van der Waals surface area contributed by atoms with Crippen molar-refractivity contribution in [2.45, 2.75) is 19.5 Å². The van der Waals surface area contributed by atoms with Crippen molar-refractivity contribution in [3.05, 3.63) is 70.5 Å². The van der Waals surface area contributed by atoms with Gasteiger partial charge in [0, 0.05) is 19.5 Å². The van der Waals surface area contributed by atoms with Gasteiger partial charge < -0.3 is 10.6 Å². The van der Waals surface area contributed by atoms with E-state index in [1.165, 1.54) is 4.90 Å². The van der Waals surface area contributed by atoms with Crippen molar-refractivity contribution in [3.8, 4) is 0 Å². The van der Waals surface area contributed by atoms with Gasteiger partial charge in [-0.1, -0.05) is 47.7 Å². The fourth-order valence-electron chi connectivity index (χ4n) is 2.70. The number of fused-ring (bicyclic) bond motifs is 1. The van der Waals surface area contributed by atoms with Crippen LogP contribution in [0.1, 0.15) is 12.0 Å². The third kappa shape index (κ3) is 4.55. The monoisotopic (exact) mass is 365 g/mol. The van der Waals surface area contributed by atoms with Crippen LogP contribution in [-0.4, -0.2) is 38.3 Å². The third-order valence-electron chi connectivity index (χ3n) is 4.11.